The molecule has 2 fully saturated rings. The average molecular weight is 890 g/mol. The number of hydrogen-bond acceptors (Lipinski definition) is 7. The van der Waals surface area contributed by atoms with Crippen LogP contribution in [0.3, 0.4) is 0 Å². The number of anilines is 3. The van der Waals surface area contributed by atoms with Crippen molar-refractivity contribution < 1.29 is 18.6 Å². The van der Waals surface area contributed by atoms with E-state index in [1.165, 1.54) is 63.1 Å². The molecule has 310 valence electrons. The van der Waals surface area contributed by atoms with E-state index in [2.05, 4.69) is 196 Å². The summed E-state index contributed by atoms with van der Waals surface area (Å²) in [5.74, 6) is 0. The van der Waals surface area contributed by atoms with Gasteiger partial charge in [-0.15, -0.1) is 0 Å². The highest BCUT2D eigenvalue weighted by molar-refractivity contribution is 14.1. The molecule has 5 heterocycles. The first kappa shape index (κ1) is 44.3. The second kappa shape index (κ2) is 16.0. The first-order valence-electron chi connectivity index (χ1n) is 21.1. The number of nitrogens with zero attached hydrogens (tertiary/aromatic N) is 3. The number of halogens is 1. The maximum Gasteiger partial charge on any atom is 0.494 e. The molecule has 0 aliphatic carbocycles. The third-order valence-electron chi connectivity index (χ3n) is 13.7. The van der Waals surface area contributed by atoms with Gasteiger partial charge < -0.3 is 33.3 Å². The highest BCUT2D eigenvalue weighted by atomic mass is 127. The van der Waals surface area contributed by atoms with Gasteiger partial charge in [-0.25, -0.2) is 0 Å². The largest absolute Gasteiger partial charge is 0.494 e. The Kier molecular flexibility index (Phi) is 12.4. The Balaban J connectivity index is 0.000000148. The van der Waals surface area contributed by atoms with Gasteiger partial charge in [-0.2, -0.15) is 0 Å². The first-order valence-corrected chi connectivity index (χ1v) is 22.2. The zero-order chi connectivity index (χ0) is 41.9. The fourth-order valence-electron chi connectivity index (χ4n) is 8.50. The molecule has 7 nitrogen and oxygen atoms in total. The van der Waals surface area contributed by atoms with Gasteiger partial charge in [0.25, 0.3) is 0 Å². The lowest BCUT2D eigenvalue weighted by molar-refractivity contribution is 0.00578. The molecule has 8 rings (SSSR count). The quantitative estimate of drug-likeness (QED) is 0.188. The molecule has 0 spiro atoms. The Bertz CT molecular complexity index is 1900. The molecule has 0 amide bonds. The third-order valence-corrected chi connectivity index (χ3v) is 14.4. The summed E-state index contributed by atoms with van der Waals surface area (Å²) in [6.45, 7) is 31.6. The van der Waals surface area contributed by atoms with Crippen molar-refractivity contribution in [3.8, 4) is 0 Å². The molecule has 0 aromatic heterocycles. The van der Waals surface area contributed by atoms with Crippen molar-refractivity contribution >= 4 is 64.8 Å². The Hall–Kier alpha value is -2.24. The number of fused-ring (bicyclic) bond motifs is 3. The topological polar surface area (TPSA) is 46.6 Å². The normalized spacial score (nSPS) is 23.3. The van der Waals surface area contributed by atoms with Crippen molar-refractivity contribution in [3.05, 3.63) is 74.9 Å². The summed E-state index contributed by atoms with van der Waals surface area (Å²) in [4.78, 5) is 7.04. The molecule has 0 atom stereocenters. The van der Waals surface area contributed by atoms with Crippen molar-refractivity contribution in [2.75, 3.05) is 68.7 Å². The van der Waals surface area contributed by atoms with E-state index in [-0.39, 0.29) is 41.7 Å². The number of rotatable bonds is 2. The summed E-state index contributed by atoms with van der Waals surface area (Å²) in [6.07, 6.45) is 3.60. The van der Waals surface area contributed by atoms with Gasteiger partial charge in [0.05, 0.1) is 11.2 Å². The lowest BCUT2D eigenvalue weighted by Crippen LogP contribution is -2.48. The lowest BCUT2D eigenvalue weighted by Gasteiger charge is -2.39. The summed E-state index contributed by atoms with van der Waals surface area (Å²) >= 11 is 2.39. The SMILES string of the molecule is CN1CCC(C)(C)c2cc(B3OC(C)(C)C(C)(C)O3)ccc21.CN1CCC(C)(C)c2cc(B3OCC(C)(C)CO3)ccc21.CN1CCC(C)(C)c2cc(I)ccc21. The third kappa shape index (κ3) is 9.40. The number of benzene rings is 3. The minimum absolute atomic E-state index is 0.115. The molecule has 0 bridgehead atoms. The summed E-state index contributed by atoms with van der Waals surface area (Å²) in [6, 6.07) is 20.1. The van der Waals surface area contributed by atoms with Gasteiger partial charge >= 0.3 is 14.2 Å². The van der Waals surface area contributed by atoms with Crippen LogP contribution in [-0.2, 0) is 34.9 Å². The molecular formula is C47H70B2IN3O4. The highest BCUT2D eigenvalue weighted by Gasteiger charge is 2.52. The van der Waals surface area contributed by atoms with Crippen molar-refractivity contribution in [3.63, 3.8) is 0 Å². The molecule has 57 heavy (non-hydrogen) atoms. The summed E-state index contributed by atoms with van der Waals surface area (Å²) in [5.41, 5.74) is 10.9. The van der Waals surface area contributed by atoms with Gasteiger partial charge in [-0.05, 0) is 144 Å². The fourth-order valence-corrected chi connectivity index (χ4v) is 9.00. The van der Waals surface area contributed by atoms with Crippen LogP contribution in [0.5, 0.6) is 0 Å². The van der Waals surface area contributed by atoms with Crippen LogP contribution in [0.2, 0.25) is 0 Å². The first-order chi connectivity index (χ1) is 26.3. The van der Waals surface area contributed by atoms with Crippen LogP contribution in [0.4, 0.5) is 17.1 Å². The Labute approximate surface area is 360 Å². The van der Waals surface area contributed by atoms with Gasteiger partial charge in [-0.3, -0.25) is 0 Å². The van der Waals surface area contributed by atoms with Gasteiger partial charge in [-0.1, -0.05) is 79.7 Å². The predicted molar refractivity (Wildman–Crippen MR) is 252 cm³/mol. The minimum Gasteiger partial charge on any atom is -0.407 e. The molecule has 3 aromatic rings. The zero-order valence-corrected chi connectivity index (χ0v) is 40.0. The fraction of sp³-hybridized carbons (Fsp3) is 0.617. The van der Waals surface area contributed by atoms with E-state index in [0.29, 0.717) is 5.41 Å². The van der Waals surface area contributed by atoms with Crippen molar-refractivity contribution in [1.82, 2.24) is 0 Å². The van der Waals surface area contributed by atoms with Crippen LogP contribution >= 0.6 is 22.6 Å². The van der Waals surface area contributed by atoms with Crippen molar-refractivity contribution in [2.24, 2.45) is 5.41 Å². The summed E-state index contributed by atoms with van der Waals surface area (Å²) in [5, 5.41) is 0. The molecule has 0 N–H and O–H groups in total. The molecule has 5 aliphatic rings. The van der Waals surface area contributed by atoms with E-state index in [4.69, 9.17) is 18.6 Å². The zero-order valence-electron chi connectivity index (χ0n) is 37.9. The maximum atomic E-state index is 6.20. The second-order valence-electron chi connectivity index (χ2n) is 21.1. The molecule has 0 unspecified atom stereocenters. The molecule has 2 saturated heterocycles. The van der Waals surface area contributed by atoms with E-state index < -0.39 is 0 Å². The molecule has 0 saturated carbocycles. The predicted octanol–water partition coefficient (Wildman–Crippen LogP) is 9.08. The molecule has 3 aromatic carbocycles. The van der Waals surface area contributed by atoms with E-state index in [0.717, 1.165) is 37.2 Å². The summed E-state index contributed by atoms with van der Waals surface area (Å²) < 4.78 is 25.6. The van der Waals surface area contributed by atoms with Gasteiger partial charge in [0.2, 0.25) is 0 Å². The van der Waals surface area contributed by atoms with Crippen LogP contribution in [0.25, 0.3) is 0 Å². The molecule has 10 heteroatoms. The Morgan fingerprint density at radius 1 is 0.491 bits per heavy atom. The molecule has 0 radical (unpaired) electrons. The Morgan fingerprint density at radius 3 is 1.25 bits per heavy atom. The van der Waals surface area contributed by atoms with Crippen molar-refractivity contribution in [1.29, 1.82) is 0 Å². The van der Waals surface area contributed by atoms with Crippen LogP contribution in [0.1, 0.15) is 119 Å². The lowest BCUT2D eigenvalue weighted by atomic mass is 9.71. The highest BCUT2D eigenvalue weighted by Crippen LogP contribution is 2.42. The van der Waals surface area contributed by atoms with E-state index in [1.807, 2.05) is 0 Å². The Morgan fingerprint density at radius 2 is 0.842 bits per heavy atom. The standard InChI is InChI=1S/C18H28BNO2.C17H26BNO2.C12H16IN/c1-16(2)10-11-20(7)15-9-8-13(12-14(15)16)19-21-17(3,4)18(5,6)22-19;1-16(2)11-20-18(21-12-16)13-6-7-15-14(10-13)17(3,4)8-9-19(15)5;1-12(2)6-7-14(3)11-5-4-9(13)8-10(11)12/h8-9,12H,10-11H2,1-7H3;6-7,10H,8-9,11-12H2,1-5H3;4-5,8H,6-7H2,1-3H3. The summed E-state index contributed by atoms with van der Waals surface area (Å²) in [7, 11) is 6.03. The average Bonchev–Trinajstić information content (AvgIpc) is 3.36. The van der Waals surface area contributed by atoms with E-state index in [1.54, 1.807) is 0 Å². The van der Waals surface area contributed by atoms with Crippen LogP contribution in [0.15, 0.2) is 54.6 Å². The van der Waals surface area contributed by atoms with Gasteiger partial charge in [0, 0.05) is 80.0 Å². The van der Waals surface area contributed by atoms with E-state index in [9.17, 15) is 0 Å². The van der Waals surface area contributed by atoms with Crippen molar-refractivity contribution in [2.45, 2.75) is 130 Å². The van der Waals surface area contributed by atoms with Crippen LogP contribution < -0.4 is 25.6 Å². The van der Waals surface area contributed by atoms with E-state index >= 15 is 0 Å². The van der Waals surface area contributed by atoms with Crippen LogP contribution in [0, 0.1) is 8.99 Å². The molecule has 5 aliphatic heterocycles. The monoisotopic (exact) mass is 889 g/mol. The van der Waals surface area contributed by atoms with Gasteiger partial charge in [0.15, 0.2) is 0 Å². The second-order valence-corrected chi connectivity index (χ2v) is 22.3. The molecular weight excluding hydrogens is 819 g/mol. The smallest absolute Gasteiger partial charge is 0.407 e. The number of hydrogen-bond donors (Lipinski definition) is 0. The minimum atomic E-state index is -0.292. The van der Waals surface area contributed by atoms with Crippen LogP contribution in [-0.4, -0.2) is 79.4 Å². The van der Waals surface area contributed by atoms with Gasteiger partial charge in [0.1, 0.15) is 0 Å². The maximum absolute atomic E-state index is 6.20.